The van der Waals surface area contributed by atoms with Crippen molar-refractivity contribution in [2.24, 2.45) is 0 Å². The van der Waals surface area contributed by atoms with Gasteiger partial charge in [0.05, 0.1) is 11.3 Å². The van der Waals surface area contributed by atoms with Gasteiger partial charge in [0.2, 0.25) is 0 Å². The second kappa shape index (κ2) is 5.19. The maximum atomic E-state index is 13.0. The zero-order chi connectivity index (χ0) is 13.8. The van der Waals surface area contributed by atoms with Crippen LogP contribution in [0.4, 0.5) is 15.8 Å². The summed E-state index contributed by atoms with van der Waals surface area (Å²) >= 11 is 0. The Morgan fingerprint density at radius 3 is 2.74 bits per heavy atom. The van der Waals surface area contributed by atoms with Crippen LogP contribution < -0.4 is 11.1 Å². The smallest absolute Gasteiger partial charge is 0.255 e. The zero-order valence-corrected chi connectivity index (χ0v) is 9.85. The molecule has 0 aliphatic rings. The number of benzene rings is 2. The summed E-state index contributed by atoms with van der Waals surface area (Å²) in [5.74, 6) is -0.980. The Bertz CT molecular complexity index is 677. The number of hydrogen-bond donors (Lipinski definition) is 2. The topological polar surface area (TPSA) is 78.9 Å². The summed E-state index contributed by atoms with van der Waals surface area (Å²) in [4.78, 5) is 11.9. The number of carbonyl (C=O) groups is 1. The number of nitriles is 1. The molecule has 0 spiro atoms. The molecular formula is C14H10FN3O. The molecule has 5 heteroatoms. The highest BCUT2D eigenvalue weighted by Crippen LogP contribution is 2.19. The molecule has 2 aromatic rings. The molecule has 2 aromatic carbocycles. The monoisotopic (exact) mass is 255 g/mol. The van der Waals surface area contributed by atoms with Crippen LogP contribution in [-0.2, 0) is 0 Å². The first-order valence-corrected chi connectivity index (χ1v) is 5.46. The van der Waals surface area contributed by atoms with Crippen molar-refractivity contribution in [3.63, 3.8) is 0 Å². The summed E-state index contributed by atoms with van der Waals surface area (Å²) in [6, 6.07) is 11.8. The van der Waals surface area contributed by atoms with Crippen LogP contribution in [0.2, 0.25) is 0 Å². The molecule has 3 N–H and O–H groups in total. The van der Waals surface area contributed by atoms with Crippen molar-refractivity contribution >= 4 is 17.3 Å². The highest BCUT2D eigenvalue weighted by atomic mass is 19.1. The molecule has 0 radical (unpaired) electrons. The van der Waals surface area contributed by atoms with Gasteiger partial charge in [-0.3, -0.25) is 4.79 Å². The highest BCUT2D eigenvalue weighted by molar-refractivity contribution is 6.05. The number of hydrogen-bond acceptors (Lipinski definition) is 3. The molecule has 94 valence electrons. The summed E-state index contributed by atoms with van der Waals surface area (Å²) in [5.41, 5.74) is 6.76. The maximum absolute atomic E-state index is 13.0. The predicted molar refractivity (Wildman–Crippen MR) is 69.9 cm³/mol. The van der Waals surface area contributed by atoms with Gasteiger partial charge >= 0.3 is 0 Å². The normalized spacial score (nSPS) is 9.68. The summed E-state index contributed by atoms with van der Waals surface area (Å²) in [7, 11) is 0. The molecule has 19 heavy (non-hydrogen) atoms. The van der Waals surface area contributed by atoms with Crippen LogP contribution in [-0.4, -0.2) is 5.91 Å². The number of rotatable bonds is 2. The Hall–Kier alpha value is -2.87. The summed E-state index contributed by atoms with van der Waals surface area (Å²) in [6.45, 7) is 0. The van der Waals surface area contributed by atoms with E-state index >= 15 is 0 Å². The minimum atomic E-state index is -0.495. The molecule has 0 unspecified atom stereocenters. The first kappa shape index (κ1) is 12.6. The van der Waals surface area contributed by atoms with Gasteiger partial charge in [-0.05, 0) is 36.4 Å². The van der Waals surface area contributed by atoms with Crippen molar-refractivity contribution in [1.29, 1.82) is 5.26 Å². The molecule has 0 saturated carbocycles. The lowest BCUT2D eigenvalue weighted by molar-refractivity contribution is 0.102. The average molecular weight is 255 g/mol. The fourth-order valence-electron chi connectivity index (χ4n) is 1.59. The Morgan fingerprint density at radius 2 is 2.05 bits per heavy atom. The Balaban J connectivity index is 2.27. The number of anilines is 2. The highest BCUT2D eigenvalue weighted by Gasteiger charge is 2.10. The SMILES string of the molecule is N#Cc1cc(N)ccc1NC(=O)c1cccc(F)c1. The number of halogens is 1. The summed E-state index contributed by atoms with van der Waals surface area (Å²) < 4.78 is 13.0. The minimum absolute atomic E-state index is 0.181. The van der Waals surface area contributed by atoms with Crippen LogP contribution in [0.3, 0.4) is 0 Å². The first-order valence-electron chi connectivity index (χ1n) is 5.46. The van der Waals surface area contributed by atoms with Gasteiger partial charge in [0.15, 0.2) is 0 Å². The van der Waals surface area contributed by atoms with Gasteiger partial charge in [-0.25, -0.2) is 4.39 Å². The van der Waals surface area contributed by atoms with Crippen LogP contribution in [0.25, 0.3) is 0 Å². The van der Waals surface area contributed by atoms with E-state index < -0.39 is 11.7 Å². The van der Waals surface area contributed by atoms with Gasteiger partial charge in [-0.1, -0.05) is 6.07 Å². The molecule has 0 bridgehead atoms. The van der Waals surface area contributed by atoms with E-state index in [1.807, 2.05) is 6.07 Å². The van der Waals surface area contributed by atoms with Crippen molar-refractivity contribution < 1.29 is 9.18 Å². The van der Waals surface area contributed by atoms with Crippen LogP contribution >= 0.6 is 0 Å². The van der Waals surface area contributed by atoms with Crippen LogP contribution in [0, 0.1) is 17.1 Å². The van der Waals surface area contributed by atoms with Gasteiger partial charge in [-0.2, -0.15) is 5.26 Å². The van der Waals surface area contributed by atoms with E-state index in [0.717, 1.165) is 6.07 Å². The van der Waals surface area contributed by atoms with Crippen molar-refractivity contribution in [2.45, 2.75) is 0 Å². The molecular weight excluding hydrogens is 245 g/mol. The predicted octanol–water partition coefficient (Wildman–Crippen LogP) is 2.53. The van der Waals surface area contributed by atoms with E-state index in [2.05, 4.69) is 5.32 Å². The standard InChI is InChI=1S/C14H10FN3O/c15-11-3-1-2-9(6-11)14(19)18-13-5-4-12(17)7-10(13)8-16/h1-7H,17H2,(H,18,19). The quantitative estimate of drug-likeness (QED) is 0.809. The zero-order valence-electron chi connectivity index (χ0n) is 9.85. The third-order valence-electron chi connectivity index (χ3n) is 2.50. The molecule has 2 rings (SSSR count). The number of amides is 1. The second-order valence-corrected chi connectivity index (χ2v) is 3.88. The number of nitrogens with two attached hydrogens (primary N) is 1. The van der Waals surface area contributed by atoms with Crippen LogP contribution in [0.1, 0.15) is 15.9 Å². The van der Waals surface area contributed by atoms with E-state index in [9.17, 15) is 9.18 Å². The number of nitrogens with zero attached hydrogens (tertiary/aromatic N) is 1. The van der Waals surface area contributed by atoms with Gasteiger partial charge in [0, 0.05) is 11.3 Å². The van der Waals surface area contributed by atoms with Crippen LogP contribution in [0.15, 0.2) is 42.5 Å². The number of nitrogens with one attached hydrogen (secondary N) is 1. The van der Waals surface area contributed by atoms with Crippen LogP contribution in [0.5, 0.6) is 0 Å². The first-order chi connectivity index (χ1) is 9.10. The van der Waals surface area contributed by atoms with Crippen molar-refractivity contribution in [3.05, 3.63) is 59.4 Å². The van der Waals surface area contributed by atoms with E-state index in [-0.39, 0.29) is 11.1 Å². The van der Waals surface area contributed by atoms with Crippen molar-refractivity contribution in [3.8, 4) is 6.07 Å². The number of nitrogen functional groups attached to an aromatic ring is 1. The number of carbonyl (C=O) groups excluding carboxylic acids is 1. The lowest BCUT2D eigenvalue weighted by Gasteiger charge is -2.07. The lowest BCUT2D eigenvalue weighted by Crippen LogP contribution is -2.13. The van der Waals surface area contributed by atoms with Gasteiger partial charge < -0.3 is 11.1 Å². The maximum Gasteiger partial charge on any atom is 0.255 e. The molecule has 0 heterocycles. The molecule has 0 aromatic heterocycles. The molecule has 0 saturated heterocycles. The second-order valence-electron chi connectivity index (χ2n) is 3.88. The molecule has 4 nitrogen and oxygen atoms in total. The van der Waals surface area contributed by atoms with E-state index in [1.54, 1.807) is 6.07 Å². The fraction of sp³-hybridized carbons (Fsp3) is 0. The average Bonchev–Trinajstić information content (AvgIpc) is 2.40. The third-order valence-corrected chi connectivity index (χ3v) is 2.50. The summed E-state index contributed by atoms with van der Waals surface area (Å²) in [6.07, 6.45) is 0. The molecule has 0 aliphatic carbocycles. The fourth-order valence-corrected chi connectivity index (χ4v) is 1.59. The molecule has 0 atom stereocenters. The lowest BCUT2D eigenvalue weighted by atomic mass is 10.1. The molecule has 0 aliphatic heterocycles. The van der Waals surface area contributed by atoms with E-state index in [1.165, 1.54) is 30.3 Å². The Labute approximate surface area is 109 Å². The van der Waals surface area contributed by atoms with Gasteiger partial charge in [0.1, 0.15) is 11.9 Å². The Kier molecular flexibility index (Phi) is 3.44. The molecule has 0 fully saturated rings. The Morgan fingerprint density at radius 1 is 1.26 bits per heavy atom. The third kappa shape index (κ3) is 2.87. The summed E-state index contributed by atoms with van der Waals surface area (Å²) in [5, 5.41) is 11.5. The largest absolute Gasteiger partial charge is 0.399 e. The molecule has 1 amide bonds. The van der Waals surface area contributed by atoms with Gasteiger partial charge in [0.25, 0.3) is 5.91 Å². The van der Waals surface area contributed by atoms with E-state index in [0.29, 0.717) is 11.4 Å². The minimum Gasteiger partial charge on any atom is -0.399 e. The van der Waals surface area contributed by atoms with Gasteiger partial charge in [-0.15, -0.1) is 0 Å². The van der Waals surface area contributed by atoms with Crippen molar-refractivity contribution in [1.82, 2.24) is 0 Å². The van der Waals surface area contributed by atoms with Crippen molar-refractivity contribution in [2.75, 3.05) is 11.1 Å². The van der Waals surface area contributed by atoms with E-state index in [4.69, 9.17) is 11.0 Å².